The Kier molecular flexibility index (Phi) is 4.41. The summed E-state index contributed by atoms with van der Waals surface area (Å²) in [5.41, 5.74) is -1.16. The minimum atomic E-state index is -0.628. The molecular formula is C14H25NO3. The van der Waals surface area contributed by atoms with Crippen LogP contribution in [0.2, 0.25) is 0 Å². The van der Waals surface area contributed by atoms with Gasteiger partial charge in [-0.1, -0.05) is 19.8 Å². The molecule has 1 rings (SSSR count). The van der Waals surface area contributed by atoms with E-state index in [0.29, 0.717) is 6.42 Å². The van der Waals surface area contributed by atoms with E-state index in [2.05, 4.69) is 0 Å². The first-order chi connectivity index (χ1) is 8.23. The van der Waals surface area contributed by atoms with Gasteiger partial charge in [0.15, 0.2) is 5.78 Å². The quantitative estimate of drug-likeness (QED) is 0.778. The molecule has 0 aromatic heterocycles. The van der Waals surface area contributed by atoms with E-state index in [0.717, 1.165) is 25.7 Å². The average Bonchev–Trinajstić information content (AvgIpc) is 2.74. The number of ether oxygens (including phenoxy) is 1. The van der Waals surface area contributed by atoms with Gasteiger partial charge in [0, 0.05) is 13.5 Å². The Bertz CT molecular complexity index is 324. The third-order valence-electron chi connectivity index (χ3n) is 3.58. The molecule has 0 spiro atoms. The highest BCUT2D eigenvalue weighted by molar-refractivity contribution is 5.91. The zero-order valence-electron chi connectivity index (χ0n) is 12.2. The van der Waals surface area contributed by atoms with Crippen molar-refractivity contribution in [3.8, 4) is 0 Å². The Labute approximate surface area is 110 Å². The van der Waals surface area contributed by atoms with Crippen molar-refractivity contribution in [2.24, 2.45) is 0 Å². The molecule has 1 amide bonds. The molecule has 0 radical (unpaired) electrons. The van der Waals surface area contributed by atoms with Crippen LogP contribution in [0.3, 0.4) is 0 Å². The van der Waals surface area contributed by atoms with Gasteiger partial charge in [0.05, 0.1) is 0 Å². The lowest BCUT2D eigenvalue weighted by Gasteiger charge is -2.38. The molecule has 0 atom stereocenters. The highest BCUT2D eigenvalue weighted by Crippen LogP contribution is 2.36. The lowest BCUT2D eigenvalue weighted by Crippen LogP contribution is -2.54. The van der Waals surface area contributed by atoms with E-state index in [1.165, 1.54) is 4.90 Å². The second-order valence-corrected chi connectivity index (χ2v) is 6.05. The number of ketones is 1. The molecule has 1 aliphatic carbocycles. The van der Waals surface area contributed by atoms with E-state index >= 15 is 0 Å². The summed E-state index contributed by atoms with van der Waals surface area (Å²) in [5, 5.41) is 0. The largest absolute Gasteiger partial charge is 0.444 e. The molecule has 1 aliphatic rings. The van der Waals surface area contributed by atoms with Crippen molar-refractivity contribution in [3.63, 3.8) is 0 Å². The van der Waals surface area contributed by atoms with Crippen molar-refractivity contribution >= 4 is 11.9 Å². The van der Waals surface area contributed by atoms with Gasteiger partial charge in [0.2, 0.25) is 0 Å². The predicted molar refractivity (Wildman–Crippen MR) is 70.5 cm³/mol. The number of amides is 1. The van der Waals surface area contributed by atoms with E-state index < -0.39 is 17.2 Å². The van der Waals surface area contributed by atoms with E-state index in [1.807, 2.05) is 27.7 Å². The standard InChI is InChI=1S/C14H25NO3/c1-6-11(16)14(9-7-8-10-14)15(5)12(17)18-13(2,3)4/h6-10H2,1-5H3. The number of hydrogen-bond acceptors (Lipinski definition) is 3. The van der Waals surface area contributed by atoms with Gasteiger partial charge in [-0.15, -0.1) is 0 Å². The van der Waals surface area contributed by atoms with Crippen LogP contribution in [0.4, 0.5) is 4.79 Å². The molecule has 1 fully saturated rings. The molecule has 0 unspecified atom stereocenters. The monoisotopic (exact) mass is 255 g/mol. The maximum atomic E-state index is 12.2. The van der Waals surface area contributed by atoms with Gasteiger partial charge >= 0.3 is 6.09 Å². The first-order valence-electron chi connectivity index (χ1n) is 6.73. The first-order valence-corrected chi connectivity index (χ1v) is 6.73. The summed E-state index contributed by atoms with van der Waals surface area (Å²) in [6.07, 6.45) is 3.58. The van der Waals surface area contributed by atoms with Crippen LogP contribution in [0.15, 0.2) is 0 Å². The minimum absolute atomic E-state index is 0.147. The molecular weight excluding hydrogens is 230 g/mol. The maximum absolute atomic E-state index is 12.2. The maximum Gasteiger partial charge on any atom is 0.410 e. The van der Waals surface area contributed by atoms with E-state index in [9.17, 15) is 9.59 Å². The summed E-state index contributed by atoms with van der Waals surface area (Å²) < 4.78 is 5.37. The molecule has 0 aliphatic heterocycles. The van der Waals surface area contributed by atoms with Crippen molar-refractivity contribution in [1.82, 2.24) is 4.90 Å². The predicted octanol–water partition coefficient (Wildman–Crippen LogP) is 3.15. The smallest absolute Gasteiger partial charge is 0.410 e. The molecule has 104 valence electrons. The third kappa shape index (κ3) is 3.03. The molecule has 0 aromatic rings. The number of carbonyl (C=O) groups excluding carboxylic acids is 2. The van der Waals surface area contributed by atoms with Gasteiger partial charge in [0.25, 0.3) is 0 Å². The molecule has 0 heterocycles. The van der Waals surface area contributed by atoms with Gasteiger partial charge in [-0.2, -0.15) is 0 Å². The summed E-state index contributed by atoms with van der Waals surface area (Å²) in [7, 11) is 1.69. The number of hydrogen-bond donors (Lipinski definition) is 0. The Morgan fingerprint density at radius 3 is 2.11 bits per heavy atom. The van der Waals surface area contributed by atoms with Crippen molar-refractivity contribution in [2.75, 3.05) is 7.05 Å². The fourth-order valence-corrected chi connectivity index (χ4v) is 2.60. The molecule has 0 N–H and O–H groups in total. The Balaban J connectivity index is 2.87. The van der Waals surface area contributed by atoms with Crippen LogP contribution in [0.5, 0.6) is 0 Å². The SMILES string of the molecule is CCC(=O)C1(N(C)C(=O)OC(C)(C)C)CCCC1. The lowest BCUT2D eigenvalue weighted by molar-refractivity contribution is -0.129. The summed E-state index contributed by atoms with van der Waals surface area (Å²) in [4.78, 5) is 25.8. The fourth-order valence-electron chi connectivity index (χ4n) is 2.60. The number of nitrogens with zero attached hydrogens (tertiary/aromatic N) is 1. The van der Waals surface area contributed by atoms with Gasteiger partial charge in [-0.25, -0.2) is 4.79 Å². The Hall–Kier alpha value is -1.06. The second kappa shape index (κ2) is 5.29. The molecule has 4 heteroatoms. The van der Waals surface area contributed by atoms with E-state index in [-0.39, 0.29) is 5.78 Å². The van der Waals surface area contributed by atoms with Crippen molar-refractivity contribution in [2.45, 2.75) is 70.9 Å². The number of likely N-dealkylation sites (N-methyl/N-ethyl adjacent to an activating group) is 1. The number of Topliss-reactive ketones (excluding diaryl/α,β-unsaturated/α-hetero) is 1. The summed E-state index contributed by atoms with van der Waals surface area (Å²) >= 11 is 0. The Morgan fingerprint density at radius 2 is 1.72 bits per heavy atom. The summed E-state index contributed by atoms with van der Waals surface area (Å²) in [6, 6.07) is 0. The van der Waals surface area contributed by atoms with Crippen molar-refractivity contribution < 1.29 is 14.3 Å². The highest BCUT2D eigenvalue weighted by atomic mass is 16.6. The second-order valence-electron chi connectivity index (χ2n) is 6.05. The number of carbonyl (C=O) groups is 2. The molecule has 1 saturated carbocycles. The van der Waals surface area contributed by atoms with Gasteiger partial charge < -0.3 is 4.74 Å². The molecule has 18 heavy (non-hydrogen) atoms. The lowest BCUT2D eigenvalue weighted by atomic mass is 9.89. The Morgan fingerprint density at radius 1 is 1.22 bits per heavy atom. The van der Waals surface area contributed by atoms with E-state index in [1.54, 1.807) is 7.05 Å². The summed E-state index contributed by atoms with van der Waals surface area (Å²) in [5.74, 6) is 0.147. The molecule has 0 aromatic carbocycles. The third-order valence-corrected chi connectivity index (χ3v) is 3.58. The van der Waals surface area contributed by atoms with Crippen LogP contribution >= 0.6 is 0 Å². The van der Waals surface area contributed by atoms with Crippen LogP contribution in [0.25, 0.3) is 0 Å². The van der Waals surface area contributed by atoms with Crippen molar-refractivity contribution in [3.05, 3.63) is 0 Å². The first kappa shape index (κ1) is 15.0. The van der Waals surface area contributed by atoms with Gasteiger partial charge in [-0.05, 0) is 33.6 Å². The molecule has 4 nitrogen and oxygen atoms in total. The van der Waals surface area contributed by atoms with Crippen molar-refractivity contribution in [1.29, 1.82) is 0 Å². The topological polar surface area (TPSA) is 46.6 Å². The normalized spacial score (nSPS) is 18.5. The fraction of sp³-hybridized carbons (Fsp3) is 0.857. The minimum Gasteiger partial charge on any atom is -0.444 e. The van der Waals surface area contributed by atoms with Crippen LogP contribution in [0, 0.1) is 0 Å². The molecule has 0 bridgehead atoms. The van der Waals surface area contributed by atoms with Crippen LogP contribution in [-0.4, -0.2) is 35.0 Å². The van der Waals surface area contributed by atoms with Crippen LogP contribution in [0.1, 0.15) is 59.8 Å². The van der Waals surface area contributed by atoms with E-state index in [4.69, 9.17) is 4.74 Å². The van der Waals surface area contributed by atoms with Gasteiger partial charge in [0.1, 0.15) is 11.1 Å². The summed E-state index contributed by atoms with van der Waals surface area (Å²) in [6.45, 7) is 7.36. The zero-order valence-corrected chi connectivity index (χ0v) is 12.2. The zero-order chi connectivity index (χ0) is 14.0. The average molecular weight is 255 g/mol. The van der Waals surface area contributed by atoms with Gasteiger partial charge in [-0.3, -0.25) is 9.69 Å². The number of rotatable bonds is 3. The molecule has 0 saturated heterocycles. The van der Waals surface area contributed by atoms with Crippen LogP contribution in [-0.2, 0) is 9.53 Å². The highest BCUT2D eigenvalue weighted by Gasteiger charge is 2.46. The van der Waals surface area contributed by atoms with Crippen LogP contribution < -0.4 is 0 Å².